The normalized spacial score (nSPS) is 12.4. The van der Waals surface area contributed by atoms with Crippen molar-refractivity contribution in [3.8, 4) is 0 Å². The average Bonchev–Trinajstić information content (AvgIpc) is 1.65. The summed E-state index contributed by atoms with van der Waals surface area (Å²) in [6, 6.07) is -0.472. The highest BCUT2D eigenvalue weighted by molar-refractivity contribution is 5.63. The van der Waals surface area contributed by atoms with Crippen molar-refractivity contribution >= 4 is 6.22 Å². The monoisotopic (exact) mass is 119 g/mol. The summed E-state index contributed by atoms with van der Waals surface area (Å²) in [6.45, 7) is 4.81. The van der Waals surface area contributed by atoms with Crippen LogP contribution in [0, 0.1) is 0 Å². The maximum atomic E-state index is 11.2. The van der Waals surface area contributed by atoms with Crippen molar-refractivity contribution in [3.05, 3.63) is 12.7 Å². The molecule has 1 nitrogen and oxygen atoms in total. The maximum Gasteiger partial charge on any atom is 0.361 e. The highest BCUT2D eigenvalue weighted by atomic mass is 19.3. The summed E-state index contributed by atoms with van der Waals surface area (Å²) in [5.41, 5.74) is 0. The number of hydrogen-bond acceptors (Lipinski definition) is 1. The van der Waals surface area contributed by atoms with Gasteiger partial charge in [-0.25, -0.2) is 4.99 Å². The quantitative estimate of drug-likeness (QED) is 0.388. The molecule has 1 atom stereocenters. The molecule has 8 heavy (non-hydrogen) atoms. The van der Waals surface area contributed by atoms with Gasteiger partial charge in [0.25, 0.3) is 0 Å². The van der Waals surface area contributed by atoms with Gasteiger partial charge in [0.15, 0.2) is 0 Å². The van der Waals surface area contributed by atoms with E-state index in [-0.39, 0.29) is 0 Å². The Morgan fingerprint density at radius 3 is 2.38 bits per heavy atom. The van der Waals surface area contributed by atoms with Crippen molar-refractivity contribution in [1.29, 1.82) is 0 Å². The third-order valence-corrected chi connectivity index (χ3v) is 0.642. The van der Waals surface area contributed by atoms with E-state index in [0.29, 0.717) is 0 Å². The van der Waals surface area contributed by atoms with Crippen molar-refractivity contribution < 1.29 is 8.78 Å². The highest BCUT2D eigenvalue weighted by Crippen LogP contribution is 1.92. The van der Waals surface area contributed by atoms with Gasteiger partial charge in [-0.2, -0.15) is 8.78 Å². The van der Waals surface area contributed by atoms with Gasteiger partial charge >= 0.3 is 6.22 Å². The van der Waals surface area contributed by atoms with Crippen LogP contribution >= 0.6 is 0 Å². The molecule has 0 aromatic rings. The van der Waals surface area contributed by atoms with Gasteiger partial charge in [0, 0.05) is 0 Å². The van der Waals surface area contributed by atoms with E-state index >= 15 is 0 Å². The molecule has 46 valence electrons. The van der Waals surface area contributed by atoms with Gasteiger partial charge in [-0.05, 0) is 6.92 Å². The van der Waals surface area contributed by atoms with E-state index < -0.39 is 12.3 Å². The maximum absolute atomic E-state index is 11.2. The molecule has 0 heterocycles. The summed E-state index contributed by atoms with van der Waals surface area (Å²) >= 11 is 0. The van der Waals surface area contributed by atoms with Crippen LogP contribution in [0.4, 0.5) is 8.78 Å². The lowest BCUT2D eigenvalue weighted by Crippen LogP contribution is -1.92. The standard InChI is InChI=1S/C5H7F2N/c1-3-4(2)8-5(6)7/h3-4H,1H2,2H3. The van der Waals surface area contributed by atoms with Crippen molar-refractivity contribution in [1.82, 2.24) is 0 Å². The van der Waals surface area contributed by atoms with Gasteiger partial charge in [-0.3, -0.25) is 0 Å². The predicted molar refractivity (Wildman–Crippen MR) is 29.3 cm³/mol. The molecular formula is C5H7F2N. The molecule has 0 aliphatic heterocycles. The number of halogens is 2. The SMILES string of the molecule is C=CC(C)N=C(F)F. The summed E-state index contributed by atoms with van der Waals surface area (Å²) in [5, 5.41) is 0. The molecule has 0 rings (SSSR count). The first-order valence-corrected chi connectivity index (χ1v) is 2.18. The zero-order valence-corrected chi connectivity index (χ0v) is 4.56. The van der Waals surface area contributed by atoms with Crippen molar-refractivity contribution in [3.63, 3.8) is 0 Å². The lowest BCUT2D eigenvalue weighted by atomic mass is 10.4. The summed E-state index contributed by atoms with van der Waals surface area (Å²) in [7, 11) is 0. The summed E-state index contributed by atoms with van der Waals surface area (Å²) in [5.74, 6) is 0. The minimum absolute atomic E-state index is 0.472. The summed E-state index contributed by atoms with van der Waals surface area (Å²) in [4.78, 5) is 2.86. The van der Waals surface area contributed by atoms with Gasteiger partial charge in [0.1, 0.15) is 0 Å². The van der Waals surface area contributed by atoms with Crippen LogP contribution in [0.1, 0.15) is 6.92 Å². The summed E-state index contributed by atoms with van der Waals surface area (Å²) < 4.78 is 22.3. The molecule has 0 radical (unpaired) electrons. The Kier molecular flexibility index (Phi) is 2.99. The fraction of sp³-hybridized carbons (Fsp3) is 0.400. The van der Waals surface area contributed by atoms with Crippen molar-refractivity contribution in [2.24, 2.45) is 4.99 Å². The fourth-order valence-electron chi connectivity index (χ4n) is 0.207. The fourth-order valence-corrected chi connectivity index (χ4v) is 0.207. The zero-order valence-electron chi connectivity index (χ0n) is 4.56. The van der Waals surface area contributed by atoms with Crippen LogP contribution in [-0.2, 0) is 0 Å². The van der Waals surface area contributed by atoms with Crippen LogP contribution in [0.25, 0.3) is 0 Å². The van der Waals surface area contributed by atoms with E-state index in [2.05, 4.69) is 11.6 Å². The topological polar surface area (TPSA) is 12.4 Å². The van der Waals surface area contributed by atoms with E-state index in [1.54, 1.807) is 0 Å². The number of aliphatic imine (C=N–C) groups is 1. The zero-order chi connectivity index (χ0) is 6.57. The predicted octanol–water partition coefficient (Wildman–Crippen LogP) is 1.86. The second-order valence-corrected chi connectivity index (χ2v) is 1.35. The van der Waals surface area contributed by atoms with Gasteiger partial charge < -0.3 is 0 Å². The molecule has 0 saturated heterocycles. The third kappa shape index (κ3) is 3.46. The Morgan fingerprint density at radius 2 is 2.25 bits per heavy atom. The highest BCUT2D eigenvalue weighted by Gasteiger charge is 1.92. The van der Waals surface area contributed by atoms with E-state index in [9.17, 15) is 8.78 Å². The number of nitrogens with zero attached hydrogens (tertiary/aromatic N) is 1. The van der Waals surface area contributed by atoms with Crippen LogP contribution in [-0.4, -0.2) is 12.3 Å². The minimum atomic E-state index is -1.89. The van der Waals surface area contributed by atoms with Crippen LogP contribution in [0.15, 0.2) is 17.6 Å². The van der Waals surface area contributed by atoms with Gasteiger partial charge in [0.2, 0.25) is 0 Å². The van der Waals surface area contributed by atoms with Crippen molar-refractivity contribution in [2.75, 3.05) is 0 Å². The molecule has 0 aliphatic carbocycles. The molecule has 0 bridgehead atoms. The second-order valence-electron chi connectivity index (χ2n) is 1.35. The van der Waals surface area contributed by atoms with Gasteiger partial charge in [0.05, 0.1) is 6.04 Å². The molecule has 1 unspecified atom stereocenters. The van der Waals surface area contributed by atoms with E-state index in [0.717, 1.165) is 0 Å². The molecular weight excluding hydrogens is 112 g/mol. The molecule has 0 aliphatic rings. The minimum Gasteiger partial charge on any atom is -0.224 e. The molecule has 0 saturated carbocycles. The first-order valence-electron chi connectivity index (χ1n) is 2.18. The second kappa shape index (κ2) is 3.29. The van der Waals surface area contributed by atoms with Gasteiger partial charge in [-0.15, -0.1) is 6.58 Å². The summed E-state index contributed by atoms with van der Waals surface area (Å²) in [6.07, 6.45) is -0.545. The van der Waals surface area contributed by atoms with Crippen LogP contribution in [0.3, 0.4) is 0 Å². The van der Waals surface area contributed by atoms with Crippen molar-refractivity contribution in [2.45, 2.75) is 13.0 Å². The molecule has 0 fully saturated rings. The largest absolute Gasteiger partial charge is 0.361 e. The van der Waals surface area contributed by atoms with Crippen LogP contribution in [0.2, 0.25) is 0 Å². The smallest absolute Gasteiger partial charge is 0.224 e. The van der Waals surface area contributed by atoms with Gasteiger partial charge in [-0.1, -0.05) is 6.08 Å². The van der Waals surface area contributed by atoms with E-state index in [1.807, 2.05) is 0 Å². The molecule has 0 amide bonds. The molecule has 0 N–H and O–H groups in total. The molecule has 0 spiro atoms. The Labute approximate surface area is 46.7 Å². The van der Waals surface area contributed by atoms with Crippen LogP contribution < -0.4 is 0 Å². The van der Waals surface area contributed by atoms with E-state index in [4.69, 9.17) is 0 Å². The molecule has 0 aromatic heterocycles. The third-order valence-electron chi connectivity index (χ3n) is 0.642. The Morgan fingerprint density at radius 1 is 1.75 bits per heavy atom. The first-order chi connectivity index (χ1) is 3.66. The lowest BCUT2D eigenvalue weighted by Gasteiger charge is -1.91. The van der Waals surface area contributed by atoms with E-state index in [1.165, 1.54) is 13.0 Å². The average molecular weight is 119 g/mol. The Balaban J connectivity index is 3.68. The lowest BCUT2D eigenvalue weighted by molar-refractivity contribution is 0.599. The molecule has 3 heteroatoms. The Hall–Kier alpha value is -0.730. The van der Waals surface area contributed by atoms with Crippen LogP contribution in [0.5, 0.6) is 0 Å². The number of rotatable bonds is 2. The Bertz CT molecular complexity index is 105. The number of hydrogen-bond donors (Lipinski definition) is 0. The first kappa shape index (κ1) is 7.27. The molecule has 0 aromatic carbocycles.